The van der Waals surface area contributed by atoms with E-state index in [4.69, 9.17) is 16.3 Å². The first kappa shape index (κ1) is 15.6. The molecule has 7 nitrogen and oxygen atoms in total. The second-order valence-corrected chi connectivity index (χ2v) is 6.09. The van der Waals surface area contributed by atoms with Crippen LogP contribution in [0.2, 0.25) is 5.02 Å². The summed E-state index contributed by atoms with van der Waals surface area (Å²) in [6, 6.07) is 5.31. The molecule has 1 atom stereocenters. The van der Waals surface area contributed by atoms with E-state index in [-0.39, 0.29) is 12.6 Å². The van der Waals surface area contributed by atoms with Crippen LogP contribution in [0.3, 0.4) is 0 Å². The second-order valence-electron chi connectivity index (χ2n) is 5.66. The predicted molar refractivity (Wildman–Crippen MR) is 81.6 cm³/mol. The van der Waals surface area contributed by atoms with Crippen molar-refractivity contribution in [3.8, 4) is 5.75 Å². The molecule has 122 valence electrons. The van der Waals surface area contributed by atoms with Gasteiger partial charge in [-0.15, -0.1) is 0 Å². The van der Waals surface area contributed by atoms with Gasteiger partial charge in [-0.2, -0.15) is 0 Å². The van der Waals surface area contributed by atoms with Gasteiger partial charge in [-0.05, 0) is 43.0 Å². The molecule has 1 heterocycles. The summed E-state index contributed by atoms with van der Waals surface area (Å²) in [6.07, 6.45) is 2.21. The Morgan fingerprint density at radius 2 is 1.91 bits per heavy atom. The molecule has 3 N–H and O–H groups in total. The molecule has 0 radical (unpaired) electrons. The molecule has 23 heavy (non-hydrogen) atoms. The minimum Gasteiger partial charge on any atom is -0.492 e. The molecule has 1 aromatic rings. The molecular formula is C15H16ClN3O4. The highest BCUT2D eigenvalue weighted by Gasteiger charge is 2.29. The van der Waals surface area contributed by atoms with Crippen molar-refractivity contribution in [1.82, 2.24) is 16.2 Å². The molecule has 3 amide bonds. The van der Waals surface area contributed by atoms with Crippen LogP contribution >= 0.6 is 11.6 Å². The lowest BCUT2D eigenvalue weighted by atomic mass is 9.96. The molecule has 0 bridgehead atoms. The summed E-state index contributed by atoms with van der Waals surface area (Å²) in [7, 11) is 0. The topological polar surface area (TPSA) is 96.5 Å². The van der Waals surface area contributed by atoms with E-state index < -0.39 is 23.6 Å². The van der Waals surface area contributed by atoms with Crippen LogP contribution in [0.15, 0.2) is 18.2 Å². The second kappa shape index (κ2) is 6.45. The Morgan fingerprint density at radius 1 is 1.13 bits per heavy atom. The van der Waals surface area contributed by atoms with Crippen LogP contribution in [0.4, 0.5) is 0 Å². The van der Waals surface area contributed by atoms with E-state index >= 15 is 0 Å². The lowest BCUT2D eigenvalue weighted by molar-refractivity contribution is -0.141. The van der Waals surface area contributed by atoms with Gasteiger partial charge in [0, 0.05) is 11.1 Å². The third-order valence-electron chi connectivity index (χ3n) is 3.72. The fourth-order valence-electron chi connectivity index (χ4n) is 2.29. The van der Waals surface area contributed by atoms with Crippen molar-refractivity contribution in [1.29, 1.82) is 0 Å². The van der Waals surface area contributed by atoms with Crippen LogP contribution in [-0.4, -0.2) is 30.4 Å². The van der Waals surface area contributed by atoms with Crippen molar-refractivity contribution in [2.75, 3.05) is 6.61 Å². The van der Waals surface area contributed by atoms with Crippen molar-refractivity contribution in [2.45, 2.75) is 25.3 Å². The Balaban J connectivity index is 1.50. The van der Waals surface area contributed by atoms with Gasteiger partial charge in [0.05, 0.1) is 5.92 Å². The van der Waals surface area contributed by atoms with Crippen molar-refractivity contribution in [3.63, 3.8) is 0 Å². The zero-order chi connectivity index (χ0) is 16.4. The number of hydrogen-bond acceptors (Lipinski definition) is 4. The maximum absolute atomic E-state index is 12.1. The van der Waals surface area contributed by atoms with Gasteiger partial charge >= 0.3 is 11.8 Å². The van der Waals surface area contributed by atoms with Gasteiger partial charge in [-0.3, -0.25) is 25.2 Å². The van der Waals surface area contributed by atoms with E-state index in [2.05, 4.69) is 16.2 Å². The fourth-order valence-corrected chi connectivity index (χ4v) is 2.48. The normalized spacial score (nSPS) is 19.1. The summed E-state index contributed by atoms with van der Waals surface area (Å²) in [4.78, 5) is 35.1. The average molecular weight is 338 g/mol. The third-order valence-corrected chi connectivity index (χ3v) is 3.95. The number of hydrogen-bond donors (Lipinski definition) is 3. The van der Waals surface area contributed by atoms with E-state index in [1.54, 1.807) is 18.2 Å². The zero-order valence-electron chi connectivity index (χ0n) is 12.2. The van der Waals surface area contributed by atoms with Crippen LogP contribution < -0.4 is 20.9 Å². The van der Waals surface area contributed by atoms with Crippen LogP contribution in [0, 0.1) is 5.92 Å². The van der Waals surface area contributed by atoms with Crippen molar-refractivity contribution >= 4 is 29.3 Å². The molecule has 0 spiro atoms. The summed E-state index contributed by atoms with van der Waals surface area (Å²) in [5, 5.41) is 3.10. The molecule has 1 fully saturated rings. The lowest BCUT2D eigenvalue weighted by Crippen LogP contribution is -2.51. The van der Waals surface area contributed by atoms with Crippen molar-refractivity contribution in [3.05, 3.63) is 28.8 Å². The number of fused-ring (bicyclic) bond motifs is 1. The smallest absolute Gasteiger partial charge is 0.327 e. The number of nitrogens with one attached hydrogen (secondary N) is 3. The van der Waals surface area contributed by atoms with Crippen LogP contribution in [0.25, 0.3) is 0 Å². The summed E-state index contributed by atoms with van der Waals surface area (Å²) in [6.45, 7) is 0.199. The molecule has 0 unspecified atom stereocenters. The maximum Gasteiger partial charge on any atom is 0.327 e. The highest BCUT2D eigenvalue weighted by molar-refractivity contribution is 6.35. The highest BCUT2D eigenvalue weighted by atomic mass is 35.5. The van der Waals surface area contributed by atoms with Crippen LogP contribution in [0.1, 0.15) is 18.4 Å². The summed E-state index contributed by atoms with van der Waals surface area (Å²) < 4.78 is 5.52. The molecule has 1 aliphatic carbocycles. The standard InChI is InChI=1S/C15H16ClN3O4/c16-10-1-4-12-8(6-10)5-9(7-23-12)13(20)18-19-15(22)14(21)17-11-2-3-11/h1,4,6,9,11H,2-3,5,7H2,(H,17,21)(H,18,20)(H,19,22)/t9-/m1/s1. The molecule has 2 aliphatic rings. The van der Waals surface area contributed by atoms with E-state index in [1.807, 2.05) is 0 Å². The van der Waals surface area contributed by atoms with E-state index in [9.17, 15) is 14.4 Å². The van der Waals surface area contributed by atoms with E-state index in [1.165, 1.54) is 0 Å². The van der Waals surface area contributed by atoms with Crippen molar-refractivity contribution < 1.29 is 19.1 Å². The number of ether oxygens (including phenoxy) is 1. The average Bonchev–Trinajstić information content (AvgIpc) is 3.35. The Bertz CT molecular complexity index is 660. The van der Waals surface area contributed by atoms with E-state index in [0.29, 0.717) is 17.2 Å². The molecule has 1 saturated carbocycles. The van der Waals surface area contributed by atoms with Gasteiger partial charge in [-0.25, -0.2) is 0 Å². The largest absolute Gasteiger partial charge is 0.492 e. The number of halogens is 1. The van der Waals surface area contributed by atoms with E-state index in [0.717, 1.165) is 18.4 Å². The minimum absolute atomic E-state index is 0.0805. The summed E-state index contributed by atoms with van der Waals surface area (Å²) >= 11 is 5.93. The van der Waals surface area contributed by atoms with Gasteiger partial charge < -0.3 is 10.1 Å². The molecule has 1 aliphatic heterocycles. The Kier molecular flexibility index (Phi) is 4.38. The first-order valence-electron chi connectivity index (χ1n) is 7.35. The summed E-state index contributed by atoms with van der Waals surface area (Å²) in [5.41, 5.74) is 5.21. The van der Waals surface area contributed by atoms with Gasteiger partial charge in [-0.1, -0.05) is 11.6 Å². The Labute approximate surface area is 137 Å². The monoisotopic (exact) mass is 337 g/mol. The Morgan fingerprint density at radius 3 is 2.65 bits per heavy atom. The quantitative estimate of drug-likeness (QED) is 0.535. The maximum atomic E-state index is 12.1. The molecule has 0 saturated heterocycles. The van der Waals surface area contributed by atoms with Gasteiger partial charge in [0.15, 0.2) is 0 Å². The van der Waals surface area contributed by atoms with Crippen LogP contribution in [0.5, 0.6) is 5.75 Å². The minimum atomic E-state index is -0.884. The number of carbonyl (C=O) groups is 3. The summed E-state index contributed by atoms with van der Waals surface area (Å²) in [5.74, 6) is -1.81. The number of rotatable bonds is 2. The number of benzene rings is 1. The fraction of sp³-hybridized carbons (Fsp3) is 0.400. The zero-order valence-corrected chi connectivity index (χ0v) is 13.0. The van der Waals surface area contributed by atoms with Crippen LogP contribution in [-0.2, 0) is 20.8 Å². The lowest BCUT2D eigenvalue weighted by Gasteiger charge is -2.24. The Hall–Kier alpha value is -2.28. The molecule has 3 rings (SSSR count). The molecule has 1 aromatic carbocycles. The first-order chi connectivity index (χ1) is 11.0. The molecule has 0 aromatic heterocycles. The molecular weight excluding hydrogens is 322 g/mol. The third kappa shape index (κ3) is 3.92. The highest BCUT2D eigenvalue weighted by Crippen LogP contribution is 2.29. The first-order valence-corrected chi connectivity index (χ1v) is 7.72. The predicted octanol–water partition coefficient (Wildman–Crippen LogP) is 0.317. The SMILES string of the molecule is O=C(NNC(=O)[C@H]1COc2ccc(Cl)cc2C1)C(=O)NC1CC1. The van der Waals surface area contributed by atoms with Gasteiger partial charge in [0.25, 0.3) is 0 Å². The number of hydrazine groups is 1. The number of carbonyl (C=O) groups excluding carboxylic acids is 3. The van der Waals surface area contributed by atoms with Gasteiger partial charge in [0.2, 0.25) is 5.91 Å². The van der Waals surface area contributed by atoms with Gasteiger partial charge in [0.1, 0.15) is 12.4 Å². The molecule has 8 heteroatoms. The number of amides is 3. The van der Waals surface area contributed by atoms with Crippen molar-refractivity contribution in [2.24, 2.45) is 5.92 Å².